The van der Waals surface area contributed by atoms with Crippen molar-refractivity contribution in [2.75, 3.05) is 20.8 Å². The highest BCUT2D eigenvalue weighted by Crippen LogP contribution is 2.29. The number of aliphatic carboxylic acids is 1. The molecule has 0 unspecified atom stereocenters. The number of ether oxygens (including phenoxy) is 2. The number of nitrogens with zero attached hydrogens (tertiary/aromatic N) is 4. The third kappa shape index (κ3) is 12.0. The maximum Gasteiger partial charge on any atom is 0.490 e. The van der Waals surface area contributed by atoms with Gasteiger partial charge in [-0.25, -0.2) is 9.79 Å². The number of hydrogen-bond acceptors (Lipinski definition) is 9. The molecule has 13 nitrogen and oxygen atoms in total. The van der Waals surface area contributed by atoms with E-state index < -0.39 is 18.2 Å². The molecule has 1 atom stereocenters. The summed E-state index contributed by atoms with van der Waals surface area (Å²) in [6.45, 7) is 0.779. The Morgan fingerprint density at radius 3 is 2.36 bits per heavy atom. The van der Waals surface area contributed by atoms with Gasteiger partial charge in [0.1, 0.15) is 12.6 Å². The number of nitrogens with two attached hydrogens (primary N) is 1. The topological polar surface area (TPSA) is 189 Å². The molecule has 0 aromatic heterocycles. The Kier molecular flexibility index (Phi) is 13.7. The molecule has 1 saturated carbocycles. The van der Waals surface area contributed by atoms with Crippen LogP contribution in [-0.4, -0.2) is 67.5 Å². The van der Waals surface area contributed by atoms with Gasteiger partial charge < -0.3 is 25.6 Å². The van der Waals surface area contributed by atoms with Crippen molar-refractivity contribution in [1.29, 1.82) is 0 Å². The summed E-state index contributed by atoms with van der Waals surface area (Å²) in [6, 6.07) is 12.3. The van der Waals surface area contributed by atoms with Crippen LogP contribution in [0.3, 0.4) is 0 Å². The third-order valence-electron chi connectivity index (χ3n) is 7.38. The maximum atomic E-state index is 13.3. The Bertz CT molecular complexity index is 1490. The molecule has 2 aromatic carbocycles. The van der Waals surface area contributed by atoms with E-state index >= 15 is 0 Å². The molecule has 0 radical (unpaired) electrons. The fourth-order valence-corrected chi connectivity index (χ4v) is 5.05. The monoisotopic (exact) mass is 661 g/mol. The van der Waals surface area contributed by atoms with Crippen LogP contribution in [-0.2, 0) is 27.3 Å². The number of rotatable bonds is 11. The Morgan fingerprint density at radius 1 is 1.04 bits per heavy atom. The quantitative estimate of drug-likeness (QED) is 0.206. The Hall–Kier alpha value is -5.02. The zero-order valence-electron chi connectivity index (χ0n) is 26.0. The van der Waals surface area contributed by atoms with Gasteiger partial charge in [0.15, 0.2) is 17.5 Å². The summed E-state index contributed by atoms with van der Waals surface area (Å²) in [6.07, 6.45) is 1.20. The number of halogens is 3. The number of nitrogens with one attached hydrogen (secondary N) is 2. The van der Waals surface area contributed by atoms with Gasteiger partial charge in [-0.3, -0.25) is 14.9 Å². The average molecular weight is 662 g/mol. The van der Waals surface area contributed by atoms with Crippen LogP contribution in [0.1, 0.15) is 55.2 Å². The first-order chi connectivity index (χ1) is 22.4. The lowest BCUT2D eigenvalue weighted by Gasteiger charge is -2.24. The molecular formula is C31H38F3N7O6. The van der Waals surface area contributed by atoms with Gasteiger partial charge in [-0.1, -0.05) is 56.4 Å². The highest BCUT2D eigenvalue weighted by atomic mass is 19.4. The van der Waals surface area contributed by atoms with Crippen molar-refractivity contribution in [1.82, 2.24) is 10.6 Å². The lowest BCUT2D eigenvalue weighted by atomic mass is 9.84. The summed E-state index contributed by atoms with van der Waals surface area (Å²) in [7, 11) is 3.09. The van der Waals surface area contributed by atoms with Crippen molar-refractivity contribution in [3.63, 3.8) is 0 Å². The van der Waals surface area contributed by atoms with Crippen LogP contribution in [0.2, 0.25) is 0 Å². The summed E-state index contributed by atoms with van der Waals surface area (Å²) in [5.74, 6) is -1.89. The molecule has 1 aliphatic heterocycles. The molecular weight excluding hydrogens is 623 g/mol. The van der Waals surface area contributed by atoms with E-state index in [0.717, 1.165) is 48.1 Å². The molecule has 0 saturated heterocycles. The molecule has 0 spiro atoms. The molecule has 254 valence electrons. The first kappa shape index (κ1) is 36.4. The summed E-state index contributed by atoms with van der Waals surface area (Å²) in [5.41, 5.74) is 9.51. The Morgan fingerprint density at radius 2 is 1.74 bits per heavy atom. The van der Waals surface area contributed by atoms with E-state index in [1.165, 1.54) is 13.5 Å². The minimum atomic E-state index is -5.08. The lowest BCUT2D eigenvalue weighted by Crippen LogP contribution is -2.42. The van der Waals surface area contributed by atoms with Crippen molar-refractivity contribution >= 4 is 29.5 Å². The molecule has 1 heterocycles. The number of alkyl halides is 3. The number of carbonyl (C=O) groups excluding carboxylic acids is 2. The van der Waals surface area contributed by atoms with Gasteiger partial charge in [0.2, 0.25) is 11.8 Å². The van der Waals surface area contributed by atoms with Crippen LogP contribution >= 0.6 is 0 Å². The molecule has 47 heavy (non-hydrogen) atoms. The smallest absolute Gasteiger partial charge is 0.490 e. The van der Waals surface area contributed by atoms with Crippen molar-refractivity contribution in [2.45, 2.75) is 63.7 Å². The fraction of sp³-hybridized carbons (Fsp3) is 0.452. The number of carbonyl (C=O) groups is 3. The number of carboxylic acids is 1. The number of amides is 2. The second-order valence-corrected chi connectivity index (χ2v) is 10.8. The van der Waals surface area contributed by atoms with Gasteiger partial charge in [0, 0.05) is 12.1 Å². The molecule has 2 amide bonds. The standard InChI is InChI=1S/C29H37N7O4.C2HF3O2/c1-39-25-12-11-20(15-26(25)40-2)16-27(37)34-29(30)33-23(14-19-7-4-3-5-8-19)28(38)31-17-21-9-6-10-22(13-21)24-18-32-36-35-24;3-2(4,5)1(6)7/h6,9-13,15,19,23H,3-5,7-8,14,16-18H2,1-2H3,(H,31,38)(H3,30,33,34,37);(H,6,7)/t23-;/m1./s1. The molecule has 2 aliphatic rings. The predicted molar refractivity (Wildman–Crippen MR) is 166 cm³/mol. The van der Waals surface area contributed by atoms with Crippen LogP contribution in [0.25, 0.3) is 0 Å². The van der Waals surface area contributed by atoms with E-state index in [4.69, 9.17) is 25.1 Å². The highest BCUT2D eigenvalue weighted by Gasteiger charge is 2.38. The molecule has 16 heteroatoms. The maximum absolute atomic E-state index is 13.3. The number of aliphatic imine (C=N–C) groups is 1. The van der Waals surface area contributed by atoms with E-state index in [-0.39, 0.29) is 24.2 Å². The van der Waals surface area contributed by atoms with E-state index in [1.807, 2.05) is 24.3 Å². The summed E-state index contributed by atoms with van der Waals surface area (Å²) >= 11 is 0. The zero-order valence-corrected chi connectivity index (χ0v) is 26.0. The molecule has 4 rings (SSSR count). The van der Waals surface area contributed by atoms with Gasteiger partial charge in [-0.2, -0.15) is 18.3 Å². The highest BCUT2D eigenvalue weighted by molar-refractivity contribution is 6.02. The van der Waals surface area contributed by atoms with Crippen molar-refractivity contribution in [3.05, 3.63) is 59.2 Å². The van der Waals surface area contributed by atoms with Crippen LogP contribution in [0.15, 0.2) is 62.9 Å². The van der Waals surface area contributed by atoms with E-state index in [9.17, 15) is 22.8 Å². The van der Waals surface area contributed by atoms with Crippen LogP contribution in [0.5, 0.6) is 11.5 Å². The van der Waals surface area contributed by atoms with Crippen molar-refractivity contribution in [3.8, 4) is 11.5 Å². The van der Waals surface area contributed by atoms with E-state index in [0.29, 0.717) is 36.9 Å². The minimum absolute atomic E-state index is 0.0677. The first-order valence-electron chi connectivity index (χ1n) is 14.8. The normalized spacial score (nSPS) is 15.5. The molecule has 5 N–H and O–H groups in total. The van der Waals surface area contributed by atoms with E-state index in [1.54, 1.807) is 25.3 Å². The Labute approximate surface area is 269 Å². The van der Waals surface area contributed by atoms with Gasteiger partial charge in [0.05, 0.1) is 26.4 Å². The van der Waals surface area contributed by atoms with Crippen LogP contribution in [0, 0.1) is 5.92 Å². The number of methoxy groups -OCH3 is 2. The number of hydrogen-bond donors (Lipinski definition) is 4. The van der Waals surface area contributed by atoms with Gasteiger partial charge in [0.25, 0.3) is 0 Å². The van der Waals surface area contributed by atoms with Crippen molar-refractivity contribution in [2.24, 2.45) is 32.1 Å². The van der Waals surface area contributed by atoms with Crippen LogP contribution in [0.4, 0.5) is 13.2 Å². The van der Waals surface area contributed by atoms with Crippen LogP contribution < -0.4 is 25.8 Å². The SMILES string of the molecule is COc1ccc(CC(=O)NC(N)=N[C@H](CC2CCCCC2)C(=O)NCc2cccc(C3=NN=NC3)c2)cc1OC.O=C(O)C(F)(F)F. The van der Waals surface area contributed by atoms with Gasteiger partial charge >= 0.3 is 12.1 Å². The van der Waals surface area contributed by atoms with Crippen molar-refractivity contribution < 1.29 is 42.1 Å². The average Bonchev–Trinajstić information content (AvgIpc) is 3.59. The molecule has 1 fully saturated rings. The number of carboxylic acid groups (broad SMARTS) is 1. The fourth-order valence-electron chi connectivity index (χ4n) is 5.05. The predicted octanol–water partition coefficient (Wildman–Crippen LogP) is 4.14. The minimum Gasteiger partial charge on any atom is -0.493 e. The molecule has 0 bridgehead atoms. The van der Waals surface area contributed by atoms with E-state index in [2.05, 4.69) is 31.1 Å². The molecule has 1 aliphatic carbocycles. The second kappa shape index (κ2) is 17.6. The largest absolute Gasteiger partial charge is 0.493 e. The van der Waals surface area contributed by atoms with Gasteiger partial charge in [-0.15, -0.1) is 5.10 Å². The number of benzene rings is 2. The molecule has 2 aromatic rings. The summed E-state index contributed by atoms with van der Waals surface area (Å²) in [5, 5.41) is 24.4. The van der Waals surface area contributed by atoms with Gasteiger partial charge in [-0.05, 0) is 46.9 Å². The first-order valence-corrected chi connectivity index (χ1v) is 14.8. The summed E-state index contributed by atoms with van der Waals surface area (Å²) in [4.78, 5) is 39.4. The Balaban J connectivity index is 0.000000771. The second-order valence-electron chi connectivity index (χ2n) is 10.8. The lowest BCUT2D eigenvalue weighted by molar-refractivity contribution is -0.192. The zero-order chi connectivity index (χ0) is 34.4. The third-order valence-corrected chi connectivity index (χ3v) is 7.38. The number of guanidine groups is 1. The summed E-state index contributed by atoms with van der Waals surface area (Å²) < 4.78 is 42.3.